The number of nitrogens with zero attached hydrogens (tertiary/aromatic N) is 2. The Labute approximate surface area is 148 Å². The van der Waals surface area contributed by atoms with Crippen LogP contribution < -0.4 is 10.6 Å². The number of benzene rings is 1. The lowest BCUT2D eigenvalue weighted by atomic mass is 10.2. The third-order valence-electron chi connectivity index (χ3n) is 4.29. The van der Waals surface area contributed by atoms with E-state index in [1.807, 2.05) is 23.6 Å². The Morgan fingerprint density at radius 3 is 2.48 bits per heavy atom. The van der Waals surface area contributed by atoms with Crippen LogP contribution in [0.2, 0.25) is 0 Å². The van der Waals surface area contributed by atoms with Crippen LogP contribution in [-0.2, 0) is 9.59 Å². The Morgan fingerprint density at radius 2 is 1.88 bits per heavy atom. The van der Waals surface area contributed by atoms with Gasteiger partial charge in [0.2, 0.25) is 11.8 Å². The molecule has 0 aliphatic carbocycles. The highest BCUT2D eigenvalue weighted by Crippen LogP contribution is 2.09. The lowest BCUT2D eigenvalue weighted by Gasteiger charge is -2.30. The highest BCUT2D eigenvalue weighted by Gasteiger charge is 2.19. The molecule has 25 heavy (non-hydrogen) atoms. The number of amides is 2. The molecule has 1 aromatic carbocycles. The maximum absolute atomic E-state index is 12.9. The van der Waals surface area contributed by atoms with Crippen LogP contribution in [0.3, 0.4) is 0 Å². The fraction of sp³-hybridized carbons (Fsp3) is 0.556. The molecule has 1 aromatic rings. The van der Waals surface area contributed by atoms with Crippen LogP contribution >= 0.6 is 0 Å². The van der Waals surface area contributed by atoms with Crippen LogP contribution in [0.15, 0.2) is 24.3 Å². The highest BCUT2D eigenvalue weighted by atomic mass is 19.1. The minimum absolute atomic E-state index is 0.131. The van der Waals surface area contributed by atoms with Gasteiger partial charge in [-0.05, 0) is 38.1 Å². The van der Waals surface area contributed by atoms with Gasteiger partial charge in [0.15, 0.2) is 0 Å². The molecule has 0 unspecified atom stereocenters. The van der Waals surface area contributed by atoms with E-state index in [-0.39, 0.29) is 30.2 Å². The summed E-state index contributed by atoms with van der Waals surface area (Å²) in [5, 5.41) is 5.98. The van der Waals surface area contributed by atoms with Crippen molar-refractivity contribution in [2.75, 3.05) is 44.6 Å². The Morgan fingerprint density at radius 1 is 1.24 bits per heavy atom. The van der Waals surface area contributed by atoms with Crippen molar-refractivity contribution in [3.05, 3.63) is 30.1 Å². The normalized spacial score (nSPS) is 14.8. The minimum atomic E-state index is -0.340. The quantitative estimate of drug-likeness (QED) is 0.778. The Kier molecular flexibility index (Phi) is 7.33. The van der Waals surface area contributed by atoms with E-state index >= 15 is 0 Å². The van der Waals surface area contributed by atoms with Crippen LogP contribution in [0.5, 0.6) is 0 Å². The number of halogens is 1. The van der Waals surface area contributed by atoms with Gasteiger partial charge in [0, 0.05) is 50.9 Å². The summed E-state index contributed by atoms with van der Waals surface area (Å²) in [6.45, 7) is 7.89. The summed E-state index contributed by atoms with van der Waals surface area (Å²) in [5.41, 5.74) is 0.562. The van der Waals surface area contributed by atoms with E-state index in [0.717, 1.165) is 26.2 Å². The minimum Gasteiger partial charge on any atom is -0.340 e. The van der Waals surface area contributed by atoms with Crippen molar-refractivity contribution >= 4 is 17.5 Å². The molecule has 2 amide bonds. The lowest BCUT2D eigenvalue weighted by molar-refractivity contribution is -0.132. The molecule has 0 atom stereocenters. The summed E-state index contributed by atoms with van der Waals surface area (Å²) in [6, 6.07) is 5.82. The monoisotopic (exact) mass is 350 g/mol. The Balaban J connectivity index is 1.81. The van der Waals surface area contributed by atoms with E-state index in [1.165, 1.54) is 24.3 Å². The Bertz CT molecular complexity index is 571. The van der Waals surface area contributed by atoms with E-state index in [9.17, 15) is 14.0 Å². The third-order valence-corrected chi connectivity index (χ3v) is 4.29. The molecule has 0 bridgehead atoms. The van der Waals surface area contributed by atoms with Crippen LogP contribution in [0.1, 0.15) is 20.3 Å². The number of piperazine rings is 1. The van der Waals surface area contributed by atoms with Gasteiger partial charge in [0.05, 0.1) is 6.54 Å². The van der Waals surface area contributed by atoms with Gasteiger partial charge in [0.1, 0.15) is 5.82 Å². The second-order valence-corrected chi connectivity index (χ2v) is 6.50. The highest BCUT2D eigenvalue weighted by molar-refractivity contribution is 5.92. The molecule has 2 N–H and O–H groups in total. The van der Waals surface area contributed by atoms with Crippen LogP contribution in [-0.4, -0.2) is 66.9 Å². The maximum Gasteiger partial charge on any atom is 0.238 e. The molecule has 0 aromatic heterocycles. The predicted octanol–water partition coefficient (Wildman–Crippen LogP) is 1.30. The molecular weight excluding hydrogens is 323 g/mol. The first-order valence-electron chi connectivity index (χ1n) is 8.73. The average Bonchev–Trinajstić information content (AvgIpc) is 2.60. The molecule has 0 saturated carbocycles. The van der Waals surface area contributed by atoms with Gasteiger partial charge in [-0.2, -0.15) is 0 Å². The molecule has 7 heteroatoms. The molecule has 1 aliphatic rings. The van der Waals surface area contributed by atoms with E-state index in [1.54, 1.807) is 0 Å². The number of carbonyl (C=O) groups excluding carboxylic acids is 2. The molecule has 6 nitrogen and oxygen atoms in total. The predicted molar refractivity (Wildman–Crippen MR) is 95.8 cm³/mol. The first-order valence-corrected chi connectivity index (χ1v) is 8.73. The van der Waals surface area contributed by atoms with Gasteiger partial charge in [-0.3, -0.25) is 14.5 Å². The number of nitrogens with one attached hydrogen (secondary N) is 2. The van der Waals surface area contributed by atoms with Crippen LogP contribution in [0, 0.1) is 5.82 Å². The van der Waals surface area contributed by atoms with Crippen LogP contribution in [0.25, 0.3) is 0 Å². The lowest BCUT2D eigenvalue weighted by Crippen LogP contribution is -2.47. The second kappa shape index (κ2) is 9.48. The number of hydrogen-bond acceptors (Lipinski definition) is 4. The Hall–Kier alpha value is -1.99. The fourth-order valence-corrected chi connectivity index (χ4v) is 2.75. The molecule has 0 spiro atoms. The van der Waals surface area contributed by atoms with E-state index < -0.39 is 0 Å². The van der Waals surface area contributed by atoms with E-state index in [0.29, 0.717) is 18.7 Å². The van der Waals surface area contributed by atoms with Gasteiger partial charge in [-0.1, -0.05) is 0 Å². The van der Waals surface area contributed by atoms with Crippen molar-refractivity contribution in [1.29, 1.82) is 0 Å². The van der Waals surface area contributed by atoms with Gasteiger partial charge >= 0.3 is 0 Å². The van der Waals surface area contributed by atoms with Crippen molar-refractivity contribution in [3.63, 3.8) is 0 Å². The summed E-state index contributed by atoms with van der Waals surface area (Å²) in [6.07, 6.45) is 0.405. The molecule has 1 heterocycles. The zero-order chi connectivity index (χ0) is 18.2. The molecule has 1 saturated heterocycles. The van der Waals surface area contributed by atoms with E-state index in [4.69, 9.17) is 0 Å². The molecule has 1 fully saturated rings. The number of hydrogen-bond donors (Lipinski definition) is 2. The summed E-state index contributed by atoms with van der Waals surface area (Å²) in [7, 11) is 0. The molecular formula is C18H27FN4O2. The maximum atomic E-state index is 12.9. The largest absolute Gasteiger partial charge is 0.340 e. The first-order chi connectivity index (χ1) is 12.0. The van der Waals surface area contributed by atoms with Crippen molar-refractivity contribution < 1.29 is 14.0 Å². The summed E-state index contributed by atoms with van der Waals surface area (Å²) >= 11 is 0. The zero-order valence-electron chi connectivity index (χ0n) is 14.9. The standard InChI is InChI=1S/C18H27FN4O2/c1-14(2)23(10-7-18(25)22-11-8-20-9-12-22)13-17(24)21-16-5-3-15(19)4-6-16/h3-6,14,20H,7-13H2,1-2H3,(H,21,24). The summed E-state index contributed by atoms with van der Waals surface area (Å²) < 4.78 is 12.9. The van der Waals surface area contributed by atoms with Gasteiger partial charge in [-0.15, -0.1) is 0 Å². The SMILES string of the molecule is CC(C)N(CCC(=O)N1CCNCC1)CC(=O)Nc1ccc(F)cc1. The third kappa shape index (κ3) is 6.43. The molecule has 138 valence electrons. The van der Waals surface area contributed by atoms with Crippen LogP contribution in [0.4, 0.5) is 10.1 Å². The number of rotatable bonds is 7. The number of anilines is 1. The van der Waals surface area contributed by atoms with Gasteiger partial charge in [0.25, 0.3) is 0 Å². The zero-order valence-corrected chi connectivity index (χ0v) is 14.9. The second-order valence-electron chi connectivity index (χ2n) is 6.50. The van der Waals surface area contributed by atoms with Gasteiger partial charge in [-0.25, -0.2) is 4.39 Å². The van der Waals surface area contributed by atoms with Crippen molar-refractivity contribution in [3.8, 4) is 0 Å². The summed E-state index contributed by atoms with van der Waals surface area (Å²) in [5.74, 6) is -0.380. The van der Waals surface area contributed by atoms with Crippen molar-refractivity contribution in [2.24, 2.45) is 0 Å². The van der Waals surface area contributed by atoms with Crippen molar-refractivity contribution in [2.45, 2.75) is 26.3 Å². The fourth-order valence-electron chi connectivity index (χ4n) is 2.75. The molecule has 1 aliphatic heterocycles. The molecule has 2 rings (SSSR count). The first kappa shape index (κ1) is 19.3. The number of carbonyl (C=O) groups is 2. The van der Waals surface area contributed by atoms with E-state index in [2.05, 4.69) is 10.6 Å². The smallest absolute Gasteiger partial charge is 0.238 e. The summed E-state index contributed by atoms with van der Waals surface area (Å²) in [4.78, 5) is 28.3. The molecule has 0 radical (unpaired) electrons. The van der Waals surface area contributed by atoms with Crippen molar-refractivity contribution in [1.82, 2.24) is 15.1 Å². The topological polar surface area (TPSA) is 64.7 Å². The van der Waals surface area contributed by atoms with Gasteiger partial charge < -0.3 is 15.5 Å². The average molecular weight is 350 g/mol.